The predicted molar refractivity (Wildman–Crippen MR) is 77.4 cm³/mol. The van der Waals surface area contributed by atoms with E-state index < -0.39 is 10.0 Å². The number of sulfonamides is 1. The molecule has 0 aromatic heterocycles. The fourth-order valence-electron chi connectivity index (χ4n) is 2.41. The minimum absolute atomic E-state index is 0.310. The summed E-state index contributed by atoms with van der Waals surface area (Å²) in [6, 6.07) is 4.98. The molecule has 1 heterocycles. The van der Waals surface area contributed by atoms with E-state index in [-0.39, 0.29) is 0 Å². The van der Waals surface area contributed by atoms with E-state index in [1.54, 1.807) is 22.5 Å². The van der Waals surface area contributed by atoms with Gasteiger partial charge in [0.05, 0.1) is 4.90 Å². The molecule has 106 valence electrons. The van der Waals surface area contributed by atoms with Gasteiger partial charge in [0, 0.05) is 18.8 Å². The van der Waals surface area contributed by atoms with Crippen molar-refractivity contribution in [2.45, 2.75) is 38.0 Å². The van der Waals surface area contributed by atoms with Crippen molar-refractivity contribution in [1.82, 2.24) is 4.31 Å². The zero-order chi connectivity index (χ0) is 14.0. The van der Waals surface area contributed by atoms with E-state index >= 15 is 0 Å². The minimum atomic E-state index is -3.39. The van der Waals surface area contributed by atoms with Crippen molar-refractivity contribution in [2.75, 3.05) is 18.8 Å². The van der Waals surface area contributed by atoms with Crippen molar-refractivity contribution in [3.8, 4) is 0 Å². The highest BCUT2D eigenvalue weighted by atomic mass is 32.2. The summed E-state index contributed by atoms with van der Waals surface area (Å²) in [4.78, 5) is 0.310. The number of hydrogen-bond acceptors (Lipinski definition) is 3. The van der Waals surface area contributed by atoms with Crippen LogP contribution in [0.4, 0.5) is 5.69 Å². The third-order valence-electron chi connectivity index (χ3n) is 3.86. The van der Waals surface area contributed by atoms with Crippen LogP contribution in [-0.2, 0) is 10.0 Å². The van der Waals surface area contributed by atoms with Gasteiger partial charge in [0.15, 0.2) is 0 Å². The van der Waals surface area contributed by atoms with E-state index in [9.17, 15) is 8.42 Å². The molecule has 1 fully saturated rings. The van der Waals surface area contributed by atoms with Gasteiger partial charge in [0.1, 0.15) is 0 Å². The van der Waals surface area contributed by atoms with Gasteiger partial charge in [-0.05, 0) is 49.8 Å². The summed E-state index contributed by atoms with van der Waals surface area (Å²) in [6.07, 6.45) is 2.96. The number of hydrogen-bond donors (Lipinski definition) is 1. The highest BCUT2D eigenvalue weighted by molar-refractivity contribution is 7.89. The van der Waals surface area contributed by atoms with Gasteiger partial charge in [-0.2, -0.15) is 4.31 Å². The number of nitrogen functional groups attached to an aromatic ring is 1. The molecule has 0 spiro atoms. The molecule has 0 aliphatic carbocycles. The topological polar surface area (TPSA) is 63.4 Å². The summed E-state index contributed by atoms with van der Waals surface area (Å²) in [5.74, 6) is 0.600. The number of anilines is 1. The van der Waals surface area contributed by atoms with Crippen molar-refractivity contribution in [2.24, 2.45) is 5.92 Å². The molecule has 2 N–H and O–H groups in total. The fourth-order valence-corrected chi connectivity index (χ4v) is 3.93. The van der Waals surface area contributed by atoms with Crippen LogP contribution in [0.3, 0.4) is 0 Å². The molecule has 1 aliphatic rings. The van der Waals surface area contributed by atoms with Crippen molar-refractivity contribution >= 4 is 15.7 Å². The van der Waals surface area contributed by atoms with Crippen LogP contribution in [0.5, 0.6) is 0 Å². The molecule has 0 saturated carbocycles. The Morgan fingerprint density at radius 2 is 2.00 bits per heavy atom. The van der Waals surface area contributed by atoms with E-state index in [0.717, 1.165) is 24.8 Å². The third-order valence-corrected chi connectivity index (χ3v) is 5.76. The van der Waals surface area contributed by atoms with Crippen LogP contribution < -0.4 is 5.73 Å². The Bertz CT molecular complexity index is 555. The fraction of sp³-hybridized carbons (Fsp3) is 0.571. The first kappa shape index (κ1) is 14.3. The molecule has 0 bridgehead atoms. The van der Waals surface area contributed by atoms with E-state index in [0.29, 0.717) is 29.6 Å². The van der Waals surface area contributed by atoms with Crippen LogP contribution in [0, 0.1) is 12.8 Å². The smallest absolute Gasteiger partial charge is 0.243 e. The van der Waals surface area contributed by atoms with Crippen LogP contribution in [-0.4, -0.2) is 25.8 Å². The van der Waals surface area contributed by atoms with Crippen LogP contribution in [0.2, 0.25) is 0 Å². The highest BCUT2D eigenvalue weighted by Crippen LogP contribution is 2.24. The lowest BCUT2D eigenvalue weighted by Gasteiger charge is -2.20. The zero-order valence-corrected chi connectivity index (χ0v) is 12.4. The number of aryl methyl sites for hydroxylation is 1. The second kappa shape index (κ2) is 5.51. The number of rotatable bonds is 2. The third kappa shape index (κ3) is 3.09. The first-order chi connectivity index (χ1) is 8.91. The summed E-state index contributed by atoms with van der Waals surface area (Å²) in [7, 11) is -3.39. The Hall–Kier alpha value is -1.07. The normalized spacial score (nSPS) is 22.1. The first-order valence-corrected chi connectivity index (χ1v) is 8.21. The minimum Gasteiger partial charge on any atom is -0.398 e. The van der Waals surface area contributed by atoms with Gasteiger partial charge >= 0.3 is 0 Å². The Labute approximate surface area is 115 Å². The van der Waals surface area contributed by atoms with Gasteiger partial charge in [-0.15, -0.1) is 0 Å². The second-order valence-corrected chi connectivity index (χ2v) is 7.40. The molecule has 1 aromatic carbocycles. The Morgan fingerprint density at radius 1 is 1.26 bits per heavy atom. The van der Waals surface area contributed by atoms with Crippen LogP contribution >= 0.6 is 0 Å². The van der Waals surface area contributed by atoms with Crippen molar-refractivity contribution < 1.29 is 8.42 Å². The summed E-state index contributed by atoms with van der Waals surface area (Å²) in [5, 5.41) is 0. The number of benzene rings is 1. The molecule has 1 aliphatic heterocycles. The largest absolute Gasteiger partial charge is 0.398 e. The van der Waals surface area contributed by atoms with Crippen LogP contribution in [0.25, 0.3) is 0 Å². The van der Waals surface area contributed by atoms with Crippen molar-refractivity contribution in [1.29, 1.82) is 0 Å². The molecule has 1 aromatic rings. The maximum absolute atomic E-state index is 12.6. The van der Waals surface area contributed by atoms with Gasteiger partial charge in [-0.1, -0.05) is 13.0 Å². The second-order valence-electron chi connectivity index (χ2n) is 5.46. The maximum Gasteiger partial charge on any atom is 0.243 e. The molecule has 0 radical (unpaired) electrons. The van der Waals surface area contributed by atoms with Gasteiger partial charge in [0.25, 0.3) is 0 Å². The lowest BCUT2D eigenvalue weighted by atomic mass is 10.0. The standard InChI is InChI=1S/C14H22N2O2S/c1-11-4-3-8-16(9-7-11)19(17,18)13-6-5-12(2)14(15)10-13/h5-6,10-11H,3-4,7-9,15H2,1-2H3. The monoisotopic (exact) mass is 282 g/mol. The Balaban J connectivity index is 2.28. The van der Waals surface area contributed by atoms with Gasteiger partial charge in [0.2, 0.25) is 10.0 Å². The maximum atomic E-state index is 12.6. The quantitative estimate of drug-likeness (QED) is 0.847. The van der Waals surface area contributed by atoms with Crippen molar-refractivity contribution in [3.63, 3.8) is 0 Å². The molecule has 1 atom stereocenters. The van der Waals surface area contributed by atoms with Gasteiger partial charge in [-0.25, -0.2) is 8.42 Å². The first-order valence-electron chi connectivity index (χ1n) is 6.77. The van der Waals surface area contributed by atoms with E-state index in [4.69, 9.17) is 5.73 Å². The molecule has 2 rings (SSSR count). The number of nitrogens with zero attached hydrogens (tertiary/aromatic N) is 1. The SMILES string of the molecule is Cc1ccc(S(=O)(=O)N2CCCC(C)CC2)cc1N. The average molecular weight is 282 g/mol. The lowest BCUT2D eigenvalue weighted by Crippen LogP contribution is -2.32. The Kier molecular flexibility index (Phi) is 4.16. The zero-order valence-electron chi connectivity index (χ0n) is 11.6. The van der Waals surface area contributed by atoms with Gasteiger partial charge in [-0.3, -0.25) is 0 Å². The lowest BCUT2D eigenvalue weighted by molar-refractivity contribution is 0.417. The van der Waals surface area contributed by atoms with Crippen LogP contribution in [0.15, 0.2) is 23.1 Å². The van der Waals surface area contributed by atoms with E-state index in [1.807, 2.05) is 6.92 Å². The predicted octanol–water partition coefficient (Wildman–Crippen LogP) is 2.39. The summed E-state index contributed by atoms with van der Waals surface area (Å²) in [6.45, 7) is 5.27. The molecule has 1 unspecified atom stereocenters. The van der Waals surface area contributed by atoms with Gasteiger partial charge < -0.3 is 5.73 Å². The number of nitrogens with two attached hydrogens (primary N) is 1. The molecule has 4 nitrogen and oxygen atoms in total. The van der Waals surface area contributed by atoms with Crippen molar-refractivity contribution in [3.05, 3.63) is 23.8 Å². The summed E-state index contributed by atoms with van der Waals surface area (Å²) < 4.78 is 26.8. The Morgan fingerprint density at radius 3 is 2.68 bits per heavy atom. The molecule has 5 heteroatoms. The average Bonchev–Trinajstić information content (AvgIpc) is 2.57. The van der Waals surface area contributed by atoms with E-state index in [2.05, 4.69) is 6.92 Å². The van der Waals surface area contributed by atoms with Crippen LogP contribution in [0.1, 0.15) is 31.7 Å². The molecule has 19 heavy (non-hydrogen) atoms. The molecule has 1 saturated heterocycles. The summed E-state index contributed by atoms with van der Waals surface area (Å²) in [5.41, 5.74) is 7.25. The highest BCUT2D eigenvalue weighted by Gasteiger charge is 2.26. The molecular formula is C14H22N2O2S. The molecule has 0 amide bonds. The van der Waals surface area contributed by atoms with E-state index in [1.165, 1.54) is 0 Å². The summed E-state index contributed by atoms with van der Waals surface area (Å²) >= 11 is 0. The molecular weight excluding hydrogens is 260 g/mol.